The Kier molecular flexibility index (Phi) is 3.70. The van der Waals surface area contributed by atoms with Crippen molar-refractivity contribution in [2.75, 3.05) is 0 Å². The Bertz CT molecular complexity index is 207. The Morgan fingerprint density at radius 3 is 1.00 bits per heavy atom. The molecule has 17 heavy (non-hydrogen) atoms. The topological polar surface area (TPSA) is 0 Å². The molecule has 100 valence electrons. The zero-order valence-electron chi connectivity index (χ0n) is 11.0. The second kappa shape index (κ2) is 5.11. The van der Waals surface area contributed by atoms with E-state index < -0.39 is 10.4 Å². The highest BCUT2D eigenvalue weighted by Crippen LogP contribution is 2.71. The molecule has 0 unspecified atom stereocenters. The molecule has 0 aromatic heterocycles. The molecule has 0 bridgehead atoms. The predicted octanol–water partition coefficient (Wildman–Crippen LogP) is 5.50. The molecule has 0 radical (unpaired) electrons. The smallest absolute Gasteiger partial charge is 0.0155 e. The first kappa shape index (κ1) is 12.3. The van der Waals surface area contributed by atoms with E-state index in [1.807, 2.05) is 0 Å². The highest BCUT2D eigenvalue weighted by Gasteiger charge is 2.48. The van der Waals surface area contributed by atoms with E-state index in [2.05, 4.69) is 0 Å². The maximum absolute atomic E-state index is 16.0. The first-order valence-electron chi connectivity index (χ1n) is 7.81. The summed E-state index contributed by atoms with van der Waals surface area (Å²) in [6, 6.07) is 0. The second-order valence-electron chi connectivity index (χ2n) is 6.39. The Morgan fingerprint density at radius 2 is 0.765 bits per heavy atom. The van der Waals surface area contributed by atoms with Crippen molar-refractivity contribution in [1.82, 2.24) is 0 Å². The number of halogens is 1. The highest BCUT2D eigenvalue weighted by molar-refractivity contribution is 8.31. The van der Waals surface area contributed by atoms with Crippen molar-refractivity contribution < 1.29 is 3.89 Å². The van der Waals surface area contributed by atoms with Crippen molar-refractivity contribution in [3.8, 4) is 0 Å². The summed E-state index contributed by atoms with van der Waals surface area (Å²) < 4.78 is 16.0. The lowest BCUT2D eigenvalue weighted by atomic mass is 10.3. The maximum Gasteiger partial charge on any atom is 0.0155 e. The summed E-state index contributed by atoms with van der Waals surface area (Å²) in [6.07, 6.45) is 15.2. The van der Waals surface area contributed by atoms with E-state index >= 15 is 3.89 Å². The van der Waals surface area contributed by atoms with E-state index in [0.29, 0.717) is 15.7 Å². The fourth-order valence-corrected chi connectivity index (χ4v) is 9.37. The van der Waals surface area contributed by atoms with Crippen LogP contribution in [0.5, 0.6) is 0 Å². The van der Waals surface area contributed by atoms with Crippen LogP contribution in [0, 0.1) is 0 Å². The quantitative estimate of drug-likeness (QED) is 0.626. The van der Waals surface area contributed by atoms with Crippen LogP contribution in [0.4, 0.5) is 3.89 Å². The van der Waals surface area contributed by atoms with Gasteiger partial charge in [0.2, 0.25) is 0 Å². The molecule has 0 saturated heterocycles. The van der Waals surface area contributed by atoms with Crippen LogP contribution < -0.4 is 0 Å². The molecule has 0 N–H and O–H groups in total. The molecule has 0 aromatic carbocycles. The lowest BCUT2D eigenvalue weighted by Crippen LogP contribution is -2.30. The minimum atomic E-state index is -1.77. The summed E-state index contributed by atoms with van der Waals surface area (Å²) in [5.41, 5.74) is 0. The summed E-state index contributed by atoms with van der Waals surface area (Å²) in [4.78, 5) is 0. The minimum absolute atomic E-state index is 0.508. The molecular weight excluding hydrogens is 231 g/mol. The van der Waals surface area contributed by atoms with E-state index in [4.69, 9.17) is 0 Å². The number of rotatable bonds is 3. The van der Waals surface area contributed by atoms with E-state index in [9.17, 15) is 0 Å². The first-order valence-corrected chi connectivity index (χ1v) is 9.53. The third-order valence-electron chi connectivity index (χ3n) is 5.44. The normalized spacial score (nSPS) is 30.4. The third-order valence-corrected chi connectivity index (χ3v) is 9.92. The molecule has 0 atom stereocenters. The van der Waals surface area contributed by atoms with Gasteiger partial charge in [-0.2, -0.15) is 3.89 Å². The molecular formula is C15H27FS. The Hall–Kier alpha value is 0.280. The van der Waals surface area contributed by atoms with Crippen molar-refractivity contribution in [1.29, 1.82) is 0 Å². The van der Waals surface area contributed by atoms with Gasteiger partial charge in [0.1, 0.15) is 0 Å². The van der Waals surface area contributed by atoms with Gasteiger partial charge in [0.15, 0.2) is 0 Å². The van der Waals surface area contributed by atoms with Gasteiger partial charge in [-0.05, 0) is 38.5 Å². The second-order valence-corrected chi connectivity index (χ2v) is 9.75. The van der Waals surface area contributed by atoms with Gasteiger partial charge >= 0.3 is 0 Å². The molecule has 3 aliphatic carbocycles. The Balaban J connectivity index is 1.81. The molecule has 3 saturated carbocycles. The van der Waals surface area contributed by atoms with Crippen molar-refractivity contribution in [3.05, 3.63) is 0 Å². The molecule has 0 nitrogen and oxygen atoms in total. The zero-order chi connectivity index (χ0) is 11.7. The van der Waals surface area contributed by atoms with Crippen molar-refractivity contribution in [3.63, 3.8) is 0 Å². The molecule has 3 rings (SSSR count). The Morgan fingerprint density at radius 1 is 0.529 bits per heavy atom. The van der Waals surface area contributed by atoms with Crippen LogP contribution in [0.15, 0.2) is 0 Å². The zero-order valence-corrected chi connectivity index (χ0v) is 11.8. The van der Waals surface area contributed by atoms with Crippen LogP contribution in [0.3, 0.4) is 0 Å². The number of hydrogen-bond acceptors (Lipinski definition) is 0. The minimum Gasteiger partial charge on any atom is -0.189 e. The van der Waals surface area contributed by atoms with Crippen molar-refractivity contribution >= 4 is 10.4 Å². The van der Waals surface area contributed by atoms with Gasteiger partial charge in [0.05, 0.1) is 0 Å². The van der Waals surface area contributed by atoms with Crippen LogP contribution in [0.1, 0.15) is 77.0 Å². The first-order chi connectivity index (χ1) is 8.32. The molecule has 2 heteroatoms. The maximum atomic E-state index is 16.0. The van der Waals surface area contributed by atoms with Gasteiger partial charge < -0.3 is 0 Å². The third kappa shape index (κ3) is 2.15. The van der Waals surface area contributed by atoms with E-state index in [-0.39, 0.29) is 0 Å². The SMILES string of the molecule is FS(C1CCCC1)(C1CCCC1)C1CCCC1. The van der Waals surface area contributed by atoms with E-state index in [1.54, 1.807) is 0 Å². The van der Waals surface area contributed by atoms with Gasteiger partial charge in [-0.25, -0.2) is 0 Å². The van der Waals surface area contributed by atoms with Gasteiger partial charge in [-0.1, -0.05) is 48.9 Å². The molecule has 0 spiro atoms. The largest absolute Gasteiger partial charge is 0.189 e. The van der Waals surface area contributed by atoms with Gasteiger partial charge in [-0.3, -0.25) is 0 Å². The van der Waals surface area contributed by atoms with E-state index in [0.717, 1.165) is 0 Å². The summed E-state index contributed by atoms with van der Waals surface area (Å²) in [5.74, 6) is 0. The van der Waals surface area contributed by atoms with Crippen molar-refractivity contribution in [2.45, 2.75) is 92.8 Å². The van der Waals surface area contributed by atoms with Crippen molar-refractivity contribution in [2.24, 2.45) is 0 Å². The van der Waals surface area contributed by atoms with Gasteiger partial charge in [0.25, 0.3) is 0 Å². The van der Waals surface area contributed by atoms with E-state index in [1.165, 1.54) is 77.0 Å². The van der Waals surface area contributed by atoms with Gasteiger partial charge in [0, 0.05) is 15.7 Å². The monoisotopic (exact) mass is 258 g/mol. The molecule has 0 amide bonds. The van der Waals surface area contributed by atoms with Crippen LogP contribution >= 0.6 is 10.4 Å². The van der Waals surface area contributed by atoms with Gasteiger partial charge in [-0.15, -0.1) is 0 Å². The lowest BCUT2D eigenvalue weighted by Gasteiger charge is -2.46. The number of hydrogen-bond donors (Lipinski definition) is 0. The lowest BCUT2D eigenvalue weighted by molar-refractivity contribution is 0.692. The average molecular weight is 258 g/mol. The summed E-state index contributed by atoms with van der Waals surface area (Å²) in [7, 11) is -1.77. The molecule has 0 heterocycles. The molecule has 3 fully saturated rings. The average Bonchev–Trinajstić information content (AvgIpc) is 3.10. The fraction of sp³-hybridized carbons (Fsp3) is 1.00. The fourth-order valence-electron chi connectivity index (χ4n) is 4.57. The standard InChI is InChI=1S/C15H27FS/c16-17(13-7-1-2-8-13,14-9-3-4-10-14)15-11-5-6-12-15/h13-15H,1-12H2. The summed E-state index contributed by atoms with van der Waals surface area (Å²) in [6.45, 7) is 0. The Labute approximate surface area is 107 Å². The summed E-state index contributed by atoms with van der Waals surface area (Å²) in [5, 5.41) is 1.52. The molecule has 3 aliphatic rings. The highest BCUT2D eigenvalue weighted by atomic mass is 32.3. The molecule has 0 aliphatic heterocycles. The molecule has 0 aromatic rings. The predicted molar refractivity (Wildman–Crippen MR) is 75.5 cm³/mol. The summed E-state index contributed by atoms with van der Waals surface area (Å²) >= 11 is 0. The van der Waals surface area contributed by atoms with Crippen LogP contribution in [-0.2, 0) is 0 Å². The van der Waals surface area contributed by atoms with Crippen LogP contribution in [0.2, 0.25) is 0 Å². The van der Waals surface area contributed by atoms with Crippen LogP contribution in [0.25, 0.3) is 0 Å². The van der Waals surface area contributed by atoms with Crippen LogP contribution in [-0.4, -0.2) is 15.7 Å².